The van der Waals surface area contributed by atoms with Gasteiger partial charge in [0.25, 0.3) is 11.1 Å². The van der Waals surface area contributed by atoms with Crippen LogP contribution in [0.4, 0.5) is 4.79 Å². The van der Waals surface area contributed by atoms with Gasteiger partial charge in [0.15, 0.2) is 0 Å². The molecule has 1 aliphatic heterocycles. The molecule has 3 rings (SSSR count). The van der Waals surface area contributed by atoms with Crippen molar-refractivity contribution < 1.29 is 9.59 Å². The molecule has 0 aliphatic carbocycles. The average molecular weight is 382 g/mol. The van der Waals surface area contributed by atoms with E-state index in [-0.39, 0.29) is 17.2 Å². The van der Waals surface area contributed by atoms with Gasteiger partial charge in [-0.2, -0.15) is 0 Å². The summed E-state index contributed by atoms with van der Waals surface area (Å²) >= 11 is 2.66. The fraction of sp³-hybridized carbons (Fsp3) is 0.143. The number of amides is 2. The number of aryl methyl sites for hydroxylation is 1. The number of rotatable bonds is 5. The molecule has 0 spiro atoms. The summed E-state index contributed by atoms with van der Waals surface area (Å²) in [6.45, 7) is 7.51. The van der Waals surface area contributed by atoms with Crippen molar-refractivity contribution in [3.8, 4) is 0 Å². The second-order valence-corrected chi connectivity index (χ2v) is 8.15. The van der Waals surface area contributed by atoms with E-state index in [1.54, 1.807) is 30.8 Å². The Hall–Kier alpha value is -2.24. The van der Waals surface area contributed by atoms with E-state index in [1.165, 1.54) is 15.4 Å². The van der Waals surface area contributed by atoms with Gasteiger partial charge in [-0.1, -0.05) is 47.7 Å². The van der Waals surface area contributed by atoms with Gasteiger partial charge >= 0.3 is 0 Å². The van der Waals surface area contributed by atoms with Crippen molar-refractivity contribution in [3.63, 3.8) is 0 Å². The minimum Gasteiger partial charge on any atom is -0.268 e. The predicted molar refractivity (Wildman–Crippen MR) is 109 cm³/mol. The van der Waals surface area contributed by atoms with Gasteiger partial charge in [0.05, 0.1) is 10.9 Å². The molecular formula is C21H19NO2S2. The maximum atomic E-state index is 12.4. The Morgan fingerprint density at radius 3 is 2.19 bits per heavy atom. The van der Waals surface area contributed by atoms with Crippen LogP contribution in [0, 0.1) is 6.92 Å². The molecule has 26 heavy (non-hydrogen) atoms. The molecule has 0 aromatic heterocycles. The highest BCUT2D eigenvalue weighted by molar-refractivity contribution is 8.18. The molecule has 2 amide bonds. The molecular weight excluding hydrogens is 362 g/mol. The first kappa shape index (κ1) is 18.5. The lowest BCUT2D eigenvalue weighted by Gasteiger charge is -2.17. The van der Waals surface area contributed by atoms with Crippen molar-refractivity contribution in [3.05, 3.63) is 77.2 Å². The lowest BCUT2D eigenvalue weighted by atomic mass is 10.2. The molecule has 0 bridgehead atoms. The Balaban J connectivity index is 1.73. The number of hydrogen-bond donors (Lipinski definition) is 0. The summed E-state index contributed by atoms with van der Waals surface area (Å²) in [7, 11) is 0. The molecule has 3 nitrogen and oxygen atoms in total. The largest absolute Gasteiger partial charge is 0.294 e. The van der Waals surface area contributed by atoms with Gasteiger partial charge in [-0.15, -0.1) is 6.58 Å². The molecule has 2 aromatic carbocycles. The molecule has 0 unspecified atom stereocenters. The quantitative estimate of drug-likeness (QED) is 0.488. The molecule has 1 atom stereocenters. The van der Waals surface area contributed by atoms with Crippen molar-refractivity contribution in [2.45, 2.75) is 29.7 Å². The number of carbonyl (C=O) groups excluding carboxylic acids is 2. The fourth-order valence-electron chi connectivity index (χ4n) is 2.46. The summed E-state index contributed by atoms with van der Waals surface area (Å²) in [5.74, 6) is -0.259. The summed E-state index contributed by atoms with van der Waals surface area (Å²) in [4.78, 5) is 28.5. The molecule has 0 radical (unpaired) electrons. The van der Waals surface area contributed by atoms with Crippen molar-refractivity contribution in [2.75, 3.05) is 0 Å². The van der Waals surface area contributed by atoms with Crippen molar-refractivity contribution >= 4 is 40.7 Å². The van der Waals surface area contributed by atoms with Crippen molar-refractivity contribution in [1.29, 1.82) is 0 Å². The first-order valence-electron chi connectivity index (χ1n) is 8.22. The third kappa shape index (κ3) is 4.11. The van der Waals surface area contributed by atoms with Crippen LogP contribution < -0.4 is 0 Å². The summed E-state index contributed by atoms with van der Waals surface area (Å²) in [5, 5.41) is -0.250. The molecule has 132 valence electrons. The van der Waals surface area contributed by atoms with Crippen LogP contribution in [0.5, 0.6) is 0 Å². The number of imide groups is 1. The van der Waals surface area contributed by atoms with Crippen LogP contribution in [-0.2, 0) is 4.79 Å². The number of nitrogens with zero attached hydrogens (tertiary/aromatic N) is 1. The molecule has 1 aliphatic rings. The van der Waals surface area contributed by atoms with Crippen LogP contribution in [0.1, 0.15) is 18.1 Å². The summed E-state index contributed by atoms with van der Waals surface area (Å²) < 4.78 is 0. The van der Waals surface area contributed by atoms with E-state index in [0.717, 1.165) is 22.2 Å². The zero-order valence-electron chi connectivity index (χ0n) is 14.6. The highest BCUT2D eigenvalue weighted by atomic mass is 32.2. The minimum absolute atomic E-state index is 0.250. The molecule has 1 saturated heterocycles. The molecule has 5 heteroatoms. The van der Waals surface area contributed by atoms with Gasteiger partial charge in [0.2, 0.25) is 0 Å². The summed E-state index contributed by atoms with van der Waals surface area (Å²) in [6, 6.07) is 16.0. The number of carbonyl (C=O) groups is 2. The molecule has 0 saturated carbocycles. The third-order valence-electron chi connectivity index (χ3n) is 4.01. The zero-order valence-corrected chi connectivity index (χ0v) is 16.3. The van der Waals surface area contributed by atoms with Gasteiger partial charge in [-0.05, 0) is 61.5 Å². The molecule has 2 aromatic rings. The second kappa shape index (κ2) is 7.98. The maximum Gasteiger partial charge on any atom is 0.294 e. The normalized spacial score (nSPS) is 17.0. The first-order valence-corrected chi connectivity index (χ1v) is 9.85. The van der Waals surface area contributed by atoms with Crippen LogP contribution in [0.25, 0.3) is 6.08 Å². The lowest BCUT2D eigenvalue weighted by Crippen LogP contribution is -2.35. The summed E-state index contributed by atoms with van der Waals surface area (Å²) in [6.07, 6.45) is 3.36. The third-order valence-corrected chi connectivity index (χ3v) is 5.91. The van der Waals surface area contributed by atoms with E-state index in [0.29, 0.717) is 4.91 Å². The summed E-state index contributed by atoms with van der Waals surface area (Å²) in [5.41, 5.74) is 2.14. The number of benzene rings is 2. The Kier molecular flexibility index (Phi) is 5.69. The van der Waals surface area contributed by atoms with E-state index < -0.39 is 0 Å². The second-order valence-electron chi connectivity index (χ2n) is 6.01. The molecule has 1 fully saturated rings. The van der Waals surface area contributed by atoms with Gasteiger partial charge in [-0.3, -0.25) is 14.5 Å². The Morgan fingerprint density at radius 2 is 1.62 bits per heavy atom. The van der Waals surface area contributed by atoms with Crippen molar-refractivity contribution in [2.24, 2.45) is 0 Å². The highest BCUT2D eigenvalue weighted by Crippen LogP contribution is 2.34. The van der Waals surface area contributed by atoms with Crippen molar-refractivity contribution in [1.82, 2.24) is 4.90 Å². The minimum atomic E-state index is -0.304. The van der Waals surface area contributed by atoms with E-state index in [2.05, 4.69) is 37.8 Å². The Labute approximate surface area is 162 Å². The molecule has 1 heterocycles. The fourth-order valence-corrected chi connectivity index (χ4v) is 4.20. The van der Waals surface area contributed by atoms with Gasteiger partial charge in [0, 0.05) is 9.79 Å². The monoisotopic (exact) mass is 381 g/mol. The zero-order chi connectivity index (χ0) is 18.7. The van der Waals surface area contributed by atoms with Gasteiger partial charge in [-0.25, -0.2) is 0 Å². The SMILES string of the molecule is C=C[C@@H](C)N1C(=O)S/C(=C\c2ccc(Sc3ccc(C)cc3)cc2)C1=O. The lowest BCUT2D eigenvalue weighted by molar-refractivity contribution is -0.123. The van der Waals surface area contributed by atoms with E-state index in [4.69, 9.17) is 0 Å². The first-order chi connectivity index (χ1) is 12.5. The maximum absolute atomic E-state index is 12.4. The van der Waals surface area contributed by atoms with Crippen LogP contribution in [0.2, 0.25) is 0 Å². The van der Waals surface area contributed by atoms with Crippen LogP contribution in [0.15, 0.2) is 75.9 Å². The average Bonchev–Trinajstić information content (AvgIpc) is 2.91. The topological polar surface area (TPSA) is 37.4 Å². The van der Waals surface area contributed by atoms with Gasteiger partial charge < -0.3 is 0 Å². The van der Waals surface area contributed by atoms with Crippen LogP contribution in [-0.4, -0.2) is 22.1 Å². The standard InChI is InChI=1S/C21H19NO2S2/c1-4-15(3)22-20(23)19(26-21(22)24)13-16-7-11-18(12-8-16)25-17-9-5-14(2)6-10-17/h4-13,15H,1H2,2-3H3/b19-13-/t15-/m1/s1. The number of hydrogen-bond acceptors (Lipinski definition) is 4. The Morgan fingerprint density at radius 1 is 1.04 bits per heavy atom. The number of thioether (sulfide) groups is 1. The van der Waals surface area contributed by atoms with E-state index in [1.807, 2.05) is 24.3 Å². The Bertz CT molecular complexity index is 870. The smallest absolute Gasteiger partial charge is 0.268 e. The van der Waals surface area contributed by atoms with Crippen LogP contribution in [0.3, 0.4) is 0 Å². The predicted octanol–water partition coefficient (Wildman–Crippen LogP) is 5.76. The highest BCUT2D eigenvalue weighted by Gasteiger charge is 2.37. The van der Waals surface area contributed by atoms with E-state index in [9.17, 15) is 9.59 Å². The molecule has 0 N–H and O–H groups in total. The van der Waals surface area contributed by atoms with Gasteiger partial charge in [0.1, 0.15) is 0 Å². The van der Waals surface area contributed by atoms with Crippen LogP contribution >= 0.6 is 23.5 Å². The van der Waals surface area contributed by atoms with E-state index >= 15 is 0 Å².